The van der Waals surface area contributed by atoms with Crippen LogP contribution in [0.25, 0.3) is 11.8 Å². The molecule has 0 spiro atoms. The zero-order chi connectivity index (χ0) is 10.3. The molecule has 0 fully saturated rings. The molecular formula is C11H8BrNO. The second-order valence-electron chi connectivity index (χ2n) is 3.02. The molecule has 1 aromatic rings. The average molecular weight is 250 g/mol. The van der Waals surface area contributed by atoms with Crippen molar-refractivity contribution < 1.29 is 4.79 Å². The number of rotatable bonds is 1. The molecule has 1 aliphatic heterocycles. The highest BCUT2D eigenvalue weighted by molar-refractivity contribution is 9.10. The van der Waals surface area contributed by atoms with Gasteiger partial charge >= 0.3 is 0 Å². The Kier molecular flexibility index (Phi) is 2.04. The Morgan fingerprint density at radius 1 is 1.43 bits per heavy atom. The lowest BCUT2D eigenvalue weighted by Gasteiger charge is -2.05. The van der Waals surface area contributed by atoms with E-state index < -0.39 is 0 Å². The summed E-state index contributed by atoms with van der Waals surface area (Å²) >= 11 is 3.41. The van der Waals surface area contributed by atoms with E-state index >= 15 is 0 Å². The van der Waals surface area contributed by atoms with Crippen molar-refractivity contribution >= 4 is 33.6 Å². The Morgan fingerprint density at radius 2 is 2.14 bits per heavy atom. The largest absolute Gasteiger partial charge is 0.322 e. The standard InChI is InChI=1S/C11H8BrNO/c1-3-7-9(12)5-4-8-10(7)6(2)13-11(8)14/h3-5H,1-2H2,(H,13,14). The SMILES string of the molecule is C=Cc1c(Br)ccc2c1C(=C)NC2=O. The topological polar surface area (TPSA) is 29.1 Å². The molecule has 1 amide bonds. The van der Waals surface area contributed by atoms with E-state index in [1.807, 2.05) is 6.07 Å². The van der Waals surface area contributed by atoms with Crippen LogP contribution in [0.5, 0.6) is 0 Å². The molecule has 0 aromatic heterocycles. The van der Waals surface area contributed by atoms with E-state index in [1.165, 1.54) is 0 Å². The minimum atomic E-state index is -0.0967. The number of amides is 1. The molecule has 0 saturated carbocycles. The number of nitrogens with one attached hydrogen (secondary N) is 1. The number of fused-ring (bicyclic) bond motifs is 1. The van der Waals surface area contributed by atoms with Gasteiger partial charge in [-0.05, 0) is 17.7 Å². The summed E-state index contributed by atoms with van der Waals surface area (Å²) in [7, 11) is 0. The lowest BCUT2D eigenvalue weighted by molar-refractivity contribution is 0.0981. The summed E-state index contributed by atoms with van der Waals surface area (Å²) < 4.78 is 0.920. The zero-order valence-corrected chi connectivity index (χ0v) is 9.02. The highest BCUT2D eigenvalue weighted by atomic mass is 79.9. The van der Waals surface area contributed by atoms with Crippen molar-refractivity contribution in [2.24, 2.45) is 0 Å². The number of halogens is 1. The number of benzene rings is 1. The maximum Gasteiger partial charge on any atom is 0.256 e. The van der Waals surface area contributed by atoms with Gasteiger partial charge in [0.25, 0.3) is 5.91 Å². The van der Waals surface area contributed by atoms with Crippen molar-refractivity contribution in [3.05, 3.63) is 46.5 Å². The Balaban J connectivity index is 2.81. The number of hydrogen-bond donors (Lipinski definition) is 1. The summed E-state index contributed by atoms with van der Waals surface area (Å²) in [4.78, 5) is 11.4. The van der Waals surface area contributed by atoms with Crippen LogP contribution in [0.4, 0.5) is 0 Å². The van der Waals surface area contributed by atoms with Gasteiger partial charge < -0.3 is 5.32 Å². The smallest absolute Gasteiger partial charge is 0.256 e. The van der Waals surface area contributed by atoms with Crippen LogP contribution >= 0.6 is 15.9 Å². The molecule has 1 aliphatic rings. The van der Waals surface area contributed by atoms with E-state index in [0.717, 1.165) is 15.6 Å². The van der Waals surface area contributed by atoms with Crippen molar-refractivity contribution in [3.8, 4) is 0 Å². The summed E-state index contributed by atoms with van der Waals surface area (Å²) in [5.74, 6) is -0.0967. The minimum Gasteiger partial charge on any atom is -0.322 e. The molecule has 0 aliphatic carbocycles. The van der Waals surface area contributed by atoms with Crippen LogP contribution in [0.3, 0.4) is 0 Å². The van der Waals surface area contributed by atoms with E-state index in [9.17, 15) is 4.79 Å². The third-order valence-electron chi connectivity index (χ3n) is 2.21. The lowest BCUT2D eigenvalue weighted by atomic mass is 10.0. The van der Waals surface area contributed by atoms with Gasteiger partial charge in [-0.3, -0.25) is 4.79 Å². The summed E-state index contributed by atoms with van der Waals surface area (Å²) in [6.45, 7) is 7.51. The van der Waals surface area contributed by atoms with Gasteiger partial charge in [-0.2, -0.15) is 0 Å². The first kappa shape index (κ1) is 9.21. The lowest BCUT2D eigenvalue weighted by Crippen LogP contribution is -2.11. The number of carbonyl (C=O) groups is 1. The quantitative estimate of drug-likeness (QED) is 0.815. The first-order valence-corrected chi connectivity index (χ1v) is 4.90. The van der Waals surface area contributed by atoms with Gasteiger partial charge in [-0.25, -0.2) is 0 Å². The van der Waals surface area contributed by atoms with E-state index in [4.69, 9.17) is 0 Å². The third kappa shape index (κ3) is 1.13. The summed E-state index contributed by atoms with van der Waals surface area (Å²) in [5.41, 5.74) is 3.06. The molecule has 2 nitrogen and oxygen atoms in total. The first-order valence-electron chi connectivity index (χ1n) is 4.10. The molecule has 70 valence electrons. The van der Waals surface area contributed by atoms with Crippen LogP contribution < -0.4 is 5.32 Å². The second kappa shape index (κ2) is 3.10. The predicted octanol–water partition coefficient (Wildman–Crippen LogP) is 2.81. The van der Waals surface area contributed by atoms with E-state index in [2.05, 4.69) is 34.4 Å². The minimum absolute atomic E-state index is 0.0967. The Hall–Kier alpha value is -1.35. The van der Waals surface area contributed by atoms with Crippen LogP contribution in [-0.2, 0) is 0 Å². The Labute approximate surface area is 90.5 Å². The fourth-order valence-corrected chi connectivity index (χ4v) is 2.07. The number of hydrogen-bond acceptors (Lipinski definition) is 1. The fourth-order valence-electron chi connectivity index (χ4n) is 1.57. The second-order valence-corrected chi connectivity index (χ2v) is 3.87. The van der Waals surface area contributed by atoms with E-state index in [1.54, 1.807) is 12.1 Å². The third-order valence-corrected chi connectivity index (χ3v) is 2.90. The molecule has 0 bridgehead atoms. The molecule has 2 rings (SSSR count). The highest BCUT2D eigenvalue weighted by Gasteiger charge is 2.25. The Morgan fingerprint density at radius 3 is 2.79 bits per heavy atom. The van der Waals surface area contributed by atoms with Gasteiger partial charge in [0.1, 0.15) is 0 Å². The number of carbonyl (C=O) groups excluding carboxylic acids is 1. The van der Waals surface area contributed by atoms with Crippen molar-refractivity contribution in [1.29, 1.82) is 0 Å². The van der Waals surface area contributed by atoms with Crippen LogP contribution in [0.1, 0.15) is 21.5 Å². The van der Waals surface area contributed by atoms with Gasteiger partial charge in [0.05, 0.1) is 0 Å². The van der Waals surface area contributed by atoms with Gasteiger partial charge in [-0.15, -0.1) is 0 Å². The van der Waals surface area contributed by atoms with Crippen molar-refractivity contribution in [3.63, 3.8) is 0 Å². The molecule has 1 heterocycles. The molecule has 1 N–H and O–H groups in total. The normalized spacial score (nSPS) is 13.8. The van der Waals surface area contributed by atoms with Crippen LogP contribution in [0.15, 0.2) is 29.8 Å². The molecule has 14 heavy (non-hydrogen) atoms. The molecule has 0 saturated heterocycles. The van der Waals surface area contributed by atoms with Gasteiger partial charge in [0.2, 0.25) is 0 Å². The monoisotopic (exact) mass is 249 g/mol. The average Bonchev–Trinajstić information content (AvgIpc) is 2.43. The molecule has 3 heteroatoms. The van der Waals surface area contributed by atoms with E-state index in [-0.39, 0.29) is 5.91 Å². The first-order chi connectivity index (χ1) is 6.65. The molecule has 0 unspecified atom stereocenters. The maximum atomic E-state index is 11.4. The van der Waals surface area contributed by atoms with E-state index in [0.29, 0.717) is 11.3 Å². The van der Waals surface area contributed by atoms with Crippen molar-refractivity contribution in [2.45, 2.75) is 0 Å². The molecule has 0 radical (unpaired) electrons. The van der Waals surface area contributed by atoms with Gasteiger partial charge in [-0.1, -0.05) is 35.2 Å². The molecule has 1 aromatic carbocycles. The highest BCUT2D eigenvalue weighted by Crippen LogP contribution is 2.32. The van der Waals surface area contributed by atoms with Gasteiger partial charge in [0.15, 0.2) is 0 Å². The zero-order valence-electron chi connectivity index (χ0n) is 7.43. The molecule has 0 atom stereocenters. The molecular weight excluding hydrogens is 242 g/mol. The van der Waals surface area contributed by atoms with Crippen LogP contribution in [-0.4, -0.2) is 5.91 Å². The fraction of sp³-hybridized carbons (Fsp3) is 0. The Bertz CT molecular complexity index is 463. The predicted molar refractivity (Wildman–Crippen MR) is 60.7 cm³/mol. The van der Waals surface area contributed by atoms with Gasteiger partial charge in [0, 0.05) is 21.3 Å². The van der Waals surface area contributed by atoms with Crippen molar-refractivity contribution in [1.82, 2.24) is 5.32 Å². The summed E-state index contributed by atoms with van der Waals surface area (Å²) in [5, 5.41) is 2.68. The summed E-state index contributed by atoms with van der Waals surface area (Å²) in [6, 6.07) is 3.62. The summed E-state index contributed by atoms with van der Waals surface area (Å²) in [6.07, 6.45) is 1.72. The van der Waals surface area contributed by atoms with Crippen LogP contribution in [0, 0.1) is 0 Å². The van der Waals surface area contributed by atoms with Crippen molar-refractivity contribution in [2.75, 3.05) is 0 Å². The maximum absolute atomic E-state index is 11.4. The van der Waals surface area contributed by atoms with Crippen LogP contribution in [0.2, 0.25) is 0 Å².